The number of aromatic nitrogens is 5. The smallest absolute Gasteiger partial charge is 0.261 e. The lowest BCUT2D eigenvalue weighted by molar-refractivity contribution is -0.138. The second kappa shape index (κ2) is 12.0. The summed E-state index contributed by atoms with van der Waals surface area (Å²) in [5.41, 5.74) is 3.12. The third kappa shape index (κ3) is 5.50. The van der Waals surface area contributed by atoms with Gasteiger partial charge < -0.3 is 10.2 Å². The van der Waals surface area contributed by atoms with Gasteiger partial charge >= 0.3 is 0 Å². The van der Waals surface area contributed by atoms with E-state index in [0.717, 1.165) is 16.7 Å². The number of Topliss-reactive ketones (excluding diaryl/α,β-unsaturated/α-hetero) is 1. The van der Waals surface area contributed by atoms with Crippen LogP contribution in [0.25, 0.3) is 22.0 Å². The summed E-state index contributed by atoms with van der Waals surface area (Å²) in [6.07, 6.45) is 4.18. The zero-order valence-electron chi connectivity index (χ0n) is 27.9. The maximum atomic E-state index is 14.4. The number of pyridine rings is 1. The topological polar surface area (TPSA) is 160 Å². The lowest BCUT2D eigenvalue weighted by atomic mass is 9.98. The van der Waals surface area contributed by atoms with Gasteiger partial charge in [-0.05, 0) is 84.1 Å². The van der Waals surface area contributed by atoms with E-state index in [1.165, 1.54) is 16.5 Å². The lowest BCUT2D eigenvalue weighted by Gasteiger charge is -2.27. The van der Waals surface area contributed by atoms with Crippen LogP contribution in [0.2, 0.25) is 0 Å². The van der Waals surface area contributed by atoms with Crippen molar-refractivity contribution in [2.45, 2.75) is 52.2 Å². The molecule has 2 aliphatic heterocycles. The number of fused-ring (bicyclic) bond motifs is 3. The molecule has 1 saturated heterocycles. The van der Waals surface area contributed by atoms with Crippen LogP contribution < -0.4 is 5.32 Å². The minimum atomic E-state index is -0.908. The van der Waals surface area contributed by atoms with Gasteiger partial charge in [-0.1, -0.05) is 24.3 Å². The zero-order valence-corrected chi connectivity index (χ0v) is 29.5. The monoisotopic (exact) mass is 746 g/mol. The number of amides is 4. The van der Waals surface area contributed by atoms with E-state index in [9.17, 15) is 24.0 Å². The summed E-state index contributed by atoms with van der Waals surface area (Å²) in [7, 11) is 0. The summed E-state index contributed by atoms with van der Waals surface area (Å²) >= 11 is 3.36. The molecule has 1 N–H and O–H groups in total. The van der Waals surface area contributed by atoms with Gasteiger partial charge in [0.25, 0.3) is 11.8 Å². The van der Waals surface area contributed by atoms with Crippen molar-refractivity contribution in [1.29, 1.82) is 0 Å². The predicted octanol–water partition coefficient (Wildman–Crippen LogP) is 4.76. The quantitative estimate of drug-likeness (QED) is 0.134. The van der Waals surface area contributed by atoms with Crippen molar-refractivity contribution >= 4 is 62.1 Å². The molecule has 4 amide bonds. The van der Waals surface area contributed by atoms with Gasteiger partial charge in [0.1, 0.15) is 34.5 Å². The normalized spacial score (nSPS) is 20.5. The Morgan fingerprint density at radius 3 is 2.33 bits per heavy atom. The van der Waals surface area contributed by atoms with Gasteiger partial charge in [-0.2, -0.15) is 5.10 Å². The van der Waals surface area contributed by atoms with E-state index in [-0.39, 0.29) is 48.7 Å². The van der Waals surface area contributed by atoms with Crippen LogP contribution in [0.3, 0.4) is 0 Å². The first-order valence-corrected chi connectivity index (χ1v) is 17.2. The standard InChI is InChI=1S/C37H31BrN8O5/c1-19-8-11-30(38)41-33(19)42-34(49)28-13-37(18-44-35(50)24-6-4-5-7-25(24)36(44)51)14-29(37)46(28)31(48)17-45-27-10-9-22(23-15-39-21(3)40-16-23)12-26(27)32(43-45)20(2)47/h4-12,15-16,28-29H,13-14,17-18H2,1-3H3,(H,41,42,49)/t28-,29?,37?/m0/s1. The fraction of sp³-hybridized carbons (Fsp3) is 0.270. The molecule has 3 aromatic heterocycles. The Labute approximate surface area is 300 Å². The number of aryl methyl sites for hydroxylation is 2. The SMILES string of the molecule is CC(=O)c1nn(CC(=O)N2C3CC3(CN3C(=O)c4ccccc4C3=O)C[C@H]2C(=O)Nc2nc(Br)ccc2C)c2ccc(-c3cnc(C)nc3)cc12. The summed E-state index contributed by atoms with van der Waals surface area (Å²) in [6, 6.07) is 14.5. The van der Waals surface area contributed by atoms with Gasteiger partial charge in [0.2, 0.25) is 11.8 Å². The van der Waals surface area contributed by atoms with Crippen LogP contribution in [0.4, 0.5) is 5.82 Å². The number of nitrogens with one attached hydrogen (secondary N) is 1. The fourth-order valence-corrected chi connectivity index (χ4v) is 7.77. The number of nitrogens with zero attached hydrogens (tertiary/aromatic N) is 7. The van der Waals surface area contributed by atoms with E-state index in [1.54, 1.807) is 60.6 Å². The summed E-state index contributed by atoms with van der Waals surface area (Å²) in [5, 5.41) is 8.04. The van der Waals surface area contributed by atoms with E-state index < -0.39 is 23.4 Å². The van der Waals surface area contributed by atoms with Crippen molar-refractivity contribution in [2.24, 2.45) is 5.41 Å². The highest BCUT2D eigenvalue weighted by molar-refractivity contribution is 9.10. The molecular formula is C37H31BrN8O5. The number of carbonyl (C=O) groups excluding carboxylic acids is 5. The minimum Gasteiger partial charge on any atom is -0.325 e. The Kier molecular flexibility index (Phi) is 7.67. The summed E-state index contributed by atoms with van der Waals surface area (Å²) in [4.78, 5) is 83.6. The van der Waals surface area contributed by atoms with Gasteiger partial charge in [0.05, 0.1) is 16.6 Å². The molecule has 0 radical (unpaired) electrons. The highest BCUT2D eigenvalue weighted by Crippen LogP contribution is 2.60. The molecule has 0 bridgehead atoms. The molecule has 8 rings (SSSR count). The summed E-state index contributed by atoms with van der Waals surface area (Å²) in [5.74, 6) is -0.840. The number of likely N-dealkylation sites (tertiary alicyclic amines) is 1. The van der Waals surface area contributed by atoms with Crippen molar-refractivity contribution in [1.82, 2.24) is 34.5 Å². The van der Waals surface area contributed by atoms with Crippen LogP contribution in [-0.2, 0) is 16.1 Å². The fourth-order valence-electron chi connectivity index (χ4n) is 7.46. The molecular weight excluding hydrogens is 716 g/mol. The lowest BCUT2D eigenvalue weighted by Crippen LogP contribution is -2.47. The van der Waals surface area contributed by atoms with E-state index >= 15 is 0 Å². The molecule has 1 saturated carbocycles. The molecule has 14 heteroatoms. The number of halogens is 1. The van der Waals surface area contributed by atoms with Crippen molar-refractivity contribution in [3.63, 3.8) is 0 Å². The number of carbonyl (C=O) groups is 5. The van der Waals surface area contributed by atoms with Crippen molar-refractivity contribution in [3.8, 4) is 11.1 Å². The van der Waals surface area contributed by atoms with E-state index in [4.69, 9.17) is 0 Å². The number of anilines is 1. The number of hydrogen-bond acceptors (Lipinski definition) is 9. The molecule has 3 atom stereocenters. The number of benzene rings is 2. The Bertz CT molecular complexity index is 2300. The molecule has 2 unspecified atom stereocenters. The highest BCUT2D eigenvalue weighted by atomic mass is 79.9. The van der Waals surface area contributed by atoms with Gasteiger partial charge in [0.15, 0.2) is 5.78 Å². The first-order valence-electron chi connectivity index (χ1n) is 16.4. The van der Waals surface area contributed by atoms with Crippen LogP contribution in [0.5, 0.6) is 0 Å². The van der Waals surface area contributed by atoms with Crippen LogP contribution >= 0.6 is 15.9 Å². The van der Waals surface area contributed by atoms with Crippen molar-refractivity contribution in [2.75, 3.05) is 11.9 Å². The van der Waals surface area contributed by atoms with E-state index in [0.29, 0.717) is 44.7 Å². The van der Waals surface area contributed by atoms with Crippen LogP contribution in [-0.4, -0.2) is 82.6 Å². The molecule has 5 heterocycles. The van der Waals surface area contributed by atoms with Crippen LogP contribution in [0, 0.1) is 19.3 Å². The number of hydrogen-bond donors (Lipinski definition) is 1. The maximum Gasteiger partial charge on any atom is 0.261 e. The molecule has 13 nitrogen and oxygen atoms in total. The summed E-state index contributed by atoms with van der Waals surface area (Å²) < 4.78 is 2.03. The van der Waals surface area contributed by atoms with E-state index in [2.05, 4.69) is 41.3 Å². The Morgan fingerprint density at radius 1 is 0.941 bits per heavy atom. The van der Waals surface area contributed by atoms with Crippen LogP contribution in [0.1, 0.15) is 62.4 Å². The molecule has 51 heavy (non-hydrogen) atoms. The minimum absolute atomic E-state index is 0.0798. The predicted molar refractivity (Wildman–Crippen MR) is 189 cm³/mol. The zero-order chi connectivity index (χ0) is 35.8. The third-order valence-electron chi connectivity index (χ3n) is 10.1. The van der Waals surface area contributed by atoms with Crippen molar-refractivity contribution < 1.29 is 24.0 Å². The summed E-state index contributed by atoms with van der Waals surface area (Å²) in [6.45, 7) is 4.88. The van der Waals surface area contributed by atoms with Gasteiger partial charge in [-0.15, -0.1) is 0 Å². The largest absolute Gasteiger partial charge is 0.325 e. The van der Waals surface area contributed by atoms with Gasteiger partial charge in [-0.25, -0.2) is 15.0 Å². The maximum absolute atomic E-state index is 14.4. The third-order valence-corrected chi connectivity index (χ3v) is 10.6. The van der Waals surface area contributed by atoms with Crippen molar-refractivity contribution in [3.05, 3.63) is 99.8 Å². The number of ketones is 1. The van der Waals surface area contributed by atoms with Crippen LogP contribution in [0.15, 0.2) is 71.6 Å². The number of piperidine rings is 1. The van der Waals surface area contributed by atoms with Gasteiger partial charge in [-0.3, -0.25) is 33.6 Å². The molecule has 256 valence electrons. The average Bonchev–Trinajstić information content (AvgIpc) is 3.40. The van der Waals surface area contributed by atoms with E-state index in [1.807, 2.05) is 25.1 Å². The number of imide groups is 1. The Morgan fingerprint density at radius 2 is 1.65 bits per heavy atom. The second-order valence-corrected chi connectivity index (χ2v) is 14.3. The second-order valence-electron chi connectivity index (χ2n) is 13.4. The molecule has 5 aromatic rings. The first kappa shape index (κ1) is 32.6. The molecule has 2 fully saturated rings. The molecule has 0 spiro atoms. The van der Waals surface area contributed by atoms with Gasteiger partial charge in [0, 0.05) is 48.3 Å². The Hall–Kier alpha value is -5.63. The average molecular weight is 748 g/mol. The highest BCUT2D eigenvalue weighted by Gasteiger charge is 2.68. The Balaban J connectivity index is 1.11. The number of rotatable bonds is 8. The first-order chi connectivity index (χ1) is 24.4. The molecule has 1 aliphatic carbocycles. The molecule has 3 aliphatic rings. The molecule has 2 aromatic carbocycles.